The molecule has 0 spiro atoms. The number of fused-ring (bicyclic) bond motifs is 1. The van der Waals surface area contributed by atoms with Crippen molar-refractivity contribution in [1.29, 1.82) is 5.26 Å². The second-order valence-corrected chi connectivity index (χ2v) is 5.73. The first-order chi connectivity index (χ1) is 12.5. The Morgan fingerprint density at radius 3 is 2.58 bits per heavy atom. The number of hydrogen-bond acceptors (Lipinski definition) is 4. The summed E-state index contributed by atoms with van der Waals surface area (Å²) < 4.78 is 1.72. The first-order valence-corrected chi connectivity index (χ1v) is 7.79. The molecule has 7 nitrogen and oxygen atoms in total. The highest BCUT2D eigenvalue weighted by molar-refractivity contribution is 5.88. The number of rotatable bonds is 5. The van der Waals surface area contributed by atoms with Crippen molar-refractivity contribution in [1.82, 2.24) is 9.88 Å². The van der Waals surface area contributed by atoms with Gasteiger partial charge in [-0.2, -0.15) is 5.26 Å². The van der Waals surface area contributed by atoms with Crippen LogP contribution in [-0.4, -0.2) is 33.2 Å². The van der Waals surface area contributed by atoms with Crippen molar-refractivity contribution in [2.75, 3.05) is 6.54 Å². The molecule has 3 aromatic rings. The molecule has 3 rings (SSSR count). The maximum Gasteiger partial charge on any atom is 0.322 e. The molecule has 0 unspecified atom stereocenters. The molecular weight excluding hydrogens is 334 g/mol. The number of aromatic nitrogens is 1. The number of hydrogen-bond donors (Lipinski definition) is 3. The van der Waals surface area contributed by atoms with Gasteiger partial charge in [-0.15, -0.1) is 0 Å². The number of nitrogens with zero attached hydrogens (tertiary/aromatic N) is 2. The number of aliphatic carboxylic acids is 1. The van der Waals surface area contributed by atoms with Gasteiger partial charge in [0.2, 0.25) is 5.91 Å². The van der Waals surface area contributed by atoms with Gasteiger partial charge in [0.15, 0.2) is 0 Å². The average molecular weight is 349 g/mol. The topological polar surface area (TPSA) is 115 Å². The molecule has 0 bridgehead atoms. The summed E-state index contributed by atoms with van der Waals surface area (Å²) in [6.07, 6.45) is 1.76. The Hall–Kier alpha value is -3.79. The van der Waals surface area contributed by atoms with Gasteiger partial charge in [0.05, 0.1) is 5.56 Å². The van der Waals surface area contributed by atoms with Gasteiger partial charge >= 0.3 is 5.97 Å². The summed E-state index contributed by atoms with van der Waals surface area (Å²) in [4.78, 5) is 22.4. The van der Waals surface area contributed by atoms with E-state index in [-0.39, 0.29) is 17.9 Å². The molecule has 1 amide bonds. The van der Waals surface area contributed by atoms with Crippen molar-refractivity contribution < 1.29 is 19.8 Å². The van der Waals surface area contributed by atoms with Gasteiger partial charge in [-0.1, -0.05) is 18.2 Å². The quantitative estimate of drug-likeness (QED) is 0.652. The minimum Gasteiger partial charge on any atom is -0.507 e. The van der Waals surface area contributed by atoms with Crippen LogP contribution in [0.3, 0.4) is 0 Å². The largest absolute Gasteiger partial charge is 0.507 e. The van der Waals surface area contributed by atoms with Crippen LogP contribution in [0.15, 0.2) is 48.7 Å². The van der Waals surface area contributed by atoms with E-state index in [1.54, 1.807) is 22.9 Å². The predicted molar refractivity (Wildman–Crippen MR) is 94.4 cm³/mol. The molecule has 26 heavy (non-hydrogen) atoms. The maximum atomic E-state index is 11.9. The number of nitrogens with one attached hydrogen (secondary N) is 1. The summed E-state index contributed by atoms with van der Waals surface area (Å²) in [5.41, 5.74) is 2.59. The molecular formula is C19H15N3O4. The van der Waals surface area contributed by atoms with Crippen molar-refractivity contribution in [3.8, 4) is 22.9 Å². The standard InChI is InChI=1S/C19H15N3O4/c20-9-15-7-13(3-4-17(15)23)14-2-1-12-5-6-22(16(12)8-14)11-18(24)21-10-19(25)26/h1-8,23H,10-11H2,(H,21,24)(H,25,26). The van der Waals surface area contributed by atoms with Crippen LogP contribution in [-0.2, 0) is 16.1 Å². The van der Waals surface area contributed by atoms with Gasteiger partial charge in [-0.3, -0.25) is 9.59 Å². The Morgan fingerprint density at radius 2 is 1.85 bits per heavy atom. The molecule has 7 heteroatoms. The van der Waals surface area contributed by atoms with Crippen LogP contribution in [0.4, 0.5) is 0 Å². The molecule has 0 atom stereocenters. The highest BCUT2D eigenvalue weighted by Gasteiger charge is 2.10. The third kappa shape index (κ3) is 3.49. The van der Waals surface area contributed by atoms with E-state index < -0.39 is 18.4 Å². The predicted octanol–water partition coefficient (Wildman–Crippen LogP) is 2.09. The Bertz CT molecular complexity index is 1050. The zero-order chi connectivity index (χ0) is 18.7. The van der Waals surface area contributed by atoms with E-state index in [9.17, 15) is 14.7 Å². The summed E-state index contributed by atoms with van der Waals surface area (Å²) >= 11 is 0. The number of carboxylic acids is 1. The summed E-state index contributed by atoms with van der Waals surface area (Å²) in [5.74, 6) is -1.57. The van der Waals surface area contributed by atoms with Crippen LogP contribution in [0.25, 0.3) is 22.0 Å². The number of nitriles is 1. The second-order valence-electron chi connectivity index (χ2n) is 5.73. The van der Waals surface area contributed by atoms with Crippen molar-refractivity contribution in [2.24, 2.45) is 0 Å². The SMILES string of the molecule is N#Cc1cc(-c2ccc3ccn(CC(=O)NCC(=O)O)c3c2)ccc1O. The van der Waals surface area contributed by atoms with Crippen molar-refractivity contribution in [3.63, 3.8) is 0 Å². The Morgan fingerprint density at radius 1 is 1.12 bits per heavy atom. The average Bonchev–Trinajstić information content (AvgIpc) is 3.02. The van der Waals surface area contributed by atoms with E-state index >= 15 is 0 Å². The number of carboxylic acid groups (broad SMARTS) is 1. The highest BCUT2D eigenvalue weighted by Crippen LogP contribution is 2.28. The van der Waals surface area contributed by atoms with Crippen LogP contribution in [0.1, 0.15) is 5.56 Å². The van der Waals surface area contributed by atoms with Crippen LogP contribution >= 0.6 is 0 Å². The number of phenolic OH excluding ortho intramolecular Hbond substituents is 1. The Kier molecular flexibility index (Phi) is 4.58. The molecule has 1 aromatic heterocycles. The minimum atomic E-state index is -1.10. The van der Waals surface area contributed by atoms with E-state index in [4.69, 9.17) is 10.4 Å². The molecule has 3 N–H and O–H groups in total. The molecule has 130 valence electrons. The molecule has 0 saturated heterocycles. The lowest BCUT2D eigenvalue weighted by molar-refractivity contribution is -0.138. The van der Waals surface area contributed by atoms with Crippen molar-refractivity contribution in [3.05, 3.63) is 54.2 Å². The van der Waals surface area contributed by atoms with E-state index in [0.717, 1.165) is 22.0 Å². The number of benzene rings is 2. The zero-order valence-corrected chi connectivity index (χ0v) is 13.6. The van der Waals surface area contributed by atoms with Crippen LogP contribution in [0.2, 0.25) is 0 Å². The minimum absolute atomic E-state index is 0.000737. The van der Waals surface area contributed by atoms with Gasteiger partial charge in [-0.25, -0.2) is 0 Å². The molecule has 0 aliphatic rings. The lowest BCUT2D eigenvalue weighted by Crippen LogP contribution is -2.31. The zero-order valence-electron chi connectivity index (χ0n) is 13.6. The lowest BCUT2D eigenvalue weighted by Gasteiger charge is -2.08. The second kappa shape index (κ2) is 6.99. The van der Waals surface area contributed by atoms with Gasteiger partial charge < -0.3 is 20.1 Å². The fourth-order valence-corrected chi connectivity index (χ4v) is 2.69. The summed E-state index contributed by atoms with van der Waals surface area (Å²) in [6.45, 7) is -0.424. The fraction of sp³-hybridized carbons (Fsp3) is 0.105. The van der Waals surface area contributed by atoms with Crippen LogP contribution < -0.4 is 5.32 Å². The van der Waals surface area contributed by atoms with Gasteiger partial charge in [0.1, 0.15) is 24.9 Å². The first kappa shape index (κ1) is 17.0. The summed E-state index contributed by atoms with van der Waals surface area (Å²) in [7, 11) is 0. The number of phenols is 1. The van der Waals surface area contributed by atoms with Gasteiger partial charge in [0, 0.05) is 11.7 Å². The molecule has 0 radical (unpaired) electrons. The lowest BCUT2D eigenvalue weighted by atomic mass is 10.0. The summed E-state index contributed by atoms with van der Waals surface area (Å²) in [5, 5.41) is 30.6. The molecule has 0 fully saturated rings. The van der Waals surface area contributed by atoms with Gasteiger partial charge in [0.25, 0.3) is 0 Å². The van der Waals surface area contributed by atoms with E-state index in [0.29, 0.717) is 0 Å². The maximum absolute atomic E-state index is 11.9. The van der Waals surface area contributed by atoms with E-state index in [1.807, 2.05) is 30.3 Å². The molecule has 0 aliphatic carbocycles. The number of aromatic hydroxyl groups is 1. The van der Waals surface area contributed by atoms with Crippen molar-refractivity contribution >= 4 is 22.8 Å². The Labute approximate surface area is 148 Å². The van der Waals surface area contributed by atoms with Crippen molar-refractivity contribution in [2.45, 2.75) is 6.54 Å². The molecule has 0 aliphatic heterocycles. The smallest absolute Gasteiger partial charge is 0.322 e. The monoisotopic (exact) mass is 349 g/mol. The highest BCUT2D eigenvalue weighted by atomic mass is 16.4. The normalized spacial score (nSPS) is 10.4. The van der Waals surface area contributed by atoms with E-state index in [2.05, 4.69) is 5.32 Å². The molecule has 2 aromatic carbocycles. The third-order valence-corrected chi connectivity index (χ3v) is 3.97. The summed E-state index contributed by atoms with van der Waals surface area (Å²) in [6, 6.07) is 14.3. The van der Waals surface area contributed by atoms with E-state index in [1.165, 1.54) is 6.07 Å². The number of carbonyl (C=O) groups is 2. The van der Waals surface area contributed by atoms with Crippen LogP contribution in [0, 0.1) is 11.3 Å². The third-order valence-electron chi connectivity index (χ3n) is 3.97. The molecule has 1 heterocycles. The first-order valence-electron chi connectivity index (χ1n) is 7.79. The van der Waals surface area contributed by atoms with Gasteiger partial charge in [-0.05, 0) is 40.8 Å². The molecule has 0 saturated carbocycles. The number of amides is 1. The Balaban J connectivity index is 1.92. The fourth-order valence-electron chi connectivity index (χ4n) is 2.69. The van der Waals surface area contributed by atoms with Crippen LogP contribution in [0.5, 0.6) is 5.75 Å². The number of carbonyl (C=O) groups excluding carboxylic acids is 1.